The number of rotatable bonds is 7. The fourth-order valence-corrected chi connectivity index (χ4v) is 3.72. The Kier molecular flexibility index (Phi) is 7.38. The second-order valence-electron chi connectivity index (χ2n) is 7.46. The predicted molar refractivity (Wildman–Crippen MR) is 114 cm³/mol. The van der Waals surface area contributed by atoms with Crippen molar-refractivity contribution < 1.29 is 9.53 Å². The van der Waals surface area contributed by atoms with Crippen LogP contribution in [0.15, 0.2) is 65.7 Å². The molecule has 0 N–H and O–H groups in total. The number of carbonyl (C=O) groups excluding carboxylic acids is 1. The molecule has 1 unspecified atom stereocenters. The minimum atomic E-state index is -0.469. The van der Waals surface area contributed by atoms with Crippen molar-refractivity contribution in [2.24, 2.45) is 10.9 Å². The largest absolute Gasteiger partial charge is 0.464 e. The number of ether oxygens (including phenoxy) is 1. The van der Waals surface area contributed by atoms with Crippen molar-refractivity contribution in [3.8, 4) is 0 Å². The van der Waals surface area contributed by atoms with Crippen LogP contribution in [0.5, 0.6) is 0 Å². The van der Waals surface area contributed by atoms with Gasteiger partial charge in [0.1, 0.15) is 6.04 Å². The molecular weight excluding hydrogens is 348 g/mol. The van der Waals surface area contributed by atoms with Gasteiger partial charge in [0.05, 0.1) is 12.3 Å². The molecule has 1 atom stereocenters. The first kappa shape index (κ1) is 20.3. The van der Waals surface area contributed by atoms with Crippen molar-refractivity contribution >= 4 is 11.7 Å². The van der Waals surface area contributed by atoms with Gasteiger partial charge in [0.25, 0.3) is 0 Å². The first-order chi connectivity index (χ1) is 13.7. The average Bonchev–Trinajstić information content (AvgIpc) is 2.74. The van der Waals surface area contributed by atoms with Crippen molar-refractivity contribution in [1.82, 2.24) is 4.90 Å². The summed E-state index contributed by atoms with van der Waals surface area (Å²) in [5, 5.41) is 0. The number of esters is 1. The van der Waals surface area contributed by atoms with Gasteiger partial charge in [0.2, 0.25) is 0 Å². The second kappa shape index (κ2) is 10.2. The molecule has 0 aromatic heterocycles. The third-order valence-electron chi connectivity index (χ3n) is 5.33. The Hall–Kier alpha value is -2.46. The number of piperidine rings is 1. The van der Waals surface area contributed by atoms with Gasteiger partial charge in [-0.2, -0.15) is 0 Å². The van der Waals surface area contributed by atoms with Crippen molar-refractivity contribution in [2.75, 3.05) is 26.7 Å². The number of nitrogens with zero attached hydrogens (tertiary/aromatic N) is 2. The highest BCUT2D eigenvalue weighted by Gasteiger charge is 2.27. The van der Waals surface area contributed by atoms with Crippen LogP contribution in [-0.2, 0) is 9.53 Å². The summed E-state index contributed by atoms with van der Waals surface area (Å²) < 4.78 is 5.38. The summed E-state index contributed by atoms with van der Waals surface area (Å²) in [5.41, 5.74) is 2.89. The van der Waals surface area contributed by atoms with Crippen molar-refractivity contribution in [1.29, 1.82) is 0 Å². The molecular formula is C24H30N2O2. The maximum Gasteiger partial charge on any atom is 0.330 e. The van der Waals surface area contributed by atoms with Gasteiger partial charge in [-0.3, -0.25) is 4.99 Å². The standard InChI is InChI=1S/C24H30N2O2/c1-3-28-24(27)22(18-19-14-16-26(2)17-15-19)25-23(20-10-6-4-7-11-20)21-12-8-5-9-13-21/h4-13,19,22H,3,14-18H2,1-2H3. The van der Waals surface area contributed by atoms with Gasteiger partial charge in [-0.15, -0.1) is 0 Å². The van der Waals surface area contributed by atoms with Crippen LogP contribution in [0, 0.1) is 5.92 Å². The number of hydrogen-bond acceptors (Lipinski definition) is 4. The molecule has 1 fully saturated rings. The van der Waals surface area contributed by atoms with Gasteiger partial charge in [-0.05, 0) is 52.2 Å². The molecule has 1 heterocycles. The molecule has 1 aliphatic heterocycles. The van der Waals surface area contributed by atoms with Gasteiger partial charge < -0.3 is 9.64 Å². The molecule has 2 aromatic carbocycles. The van der Waals surface area contributed by atoms with E-state index in [1.165, 1.54) is 0 Å². The number of aliphatic imine (C=N–C) groups is 1. The van der Waals surface area contributed by atoms with E-state index in [1.807, 2.05) is 67.6 Å². The highest BCUT2D eigenvalue weighted by Crippen LogP contribution is 2.24. The lowest BCUT2D eigenvalue weighted by atomic mass is 9.90. The second-order valence-corrected chi connectivity index (χ2v) is 7.46. The van der Waals surface area contributed by atoms with Crippen LogP contribution in [0.3, 0.4) is 0 Å². The van der Waals surface area contributed by atoms with Crippen LogP contribution < -0.4 is 0 Å². The van der Waals surface area contributed by atoms with E-state index in [0.717, 1.165) is 49.2 Å². The summed E-state index contributed by atoms with van der Waals surface area (Å²) in [6.45, 7) is 4.39. The summed E-state index contributed by atoms with van der Waals surface area (Å²) >= 11 is 0. The van der Waals surface area contributed by atoms with E-state index in [9.17, 15) is 4.79 Å². The van der Waals surface area contributed by atoms with E-state index in [0.29, 0.717) is 12.5 Å². The Labute approximate surface area is 168 Å². The fraction of sp³-hybridized carbons (Fsp3) is 0.417. The van der Waals surface area contributed by atoms with Crippen LogP contribution in [-0.4, -0.2) is 49.4 Å². The van der Waals surface area contributed by atoms with Crippen LogP contribution in [0.1, 0.15) is 37.3 Å². The first-order valence-electron chi connectivity index (χ1n) is 10.2. The quantitative estimate of drug-likeness (QED) is 0.536. The van der Waals surface area contributed by atoms with E-state index in [4.69, 9.17) is 9.73 Å². The fourth-order valence-electron chi connectivity index (χ4n) is 3.72. The predicted octanol–water partition coefficient (Wildman–Crippen LogP) is 4.19. The molecule has 0 bridgehead atoms. The zero-order chi connectivity index (χ0) is 19.8. The normalized spacial score (nSPS) is 16.4. The van der Waals surface area contributed by atoms with E-state index < -0.39 is 6.04 Å². The molecule has 0 saturated carbocycles. The van der Waals surface area contributed by atoms with E-state index in [2.05, 4.69) is 11.9 Å². The van der Waals surface area contributed by atoms with E-state index in [1.54, 1.807) is 0 Å². The smallest absolute Gasteiger partial charge is 0.330 e. The van der Waals surface area contributed by atoms with Crippen LogP contribution in [0.2, 0.25) is 0 Å². The van der Waals surface area contributed by atoms with Gasteiger partial charge in [0.15, 0.2) is 0 Å². The lowest BCUT2D eigenvalue weighted by Crippen LogP contribution is -2.34. The molecule has 1 aliphatic rings. The number of likely N-dealkylation sites (tertiary alicyclic amines) is 1. The van der Waals surface area contributed by atoms with E-state index in [-0.39, 0.29) is 5.97 Å². The van der Waals surface area contributed by atoms with Crippen molar-refractivity contribution in [2.45, 2.75) is 32.2 Å². The topological polar surface area (TPSA) is 41.9 Å². The number of benzene rings is 2. The molecule has 4 nitrogen and oxygen atoms in total. The molecule has 1 saturated heterocycles. The molecule has 28 heavy (non-hydrogen) atoms. The molecule has 148 valence electrons. The Morgan fingerprint density at radius 3 is 2.07 bits per heavy atom. The molecule has 0 amide bonds. The third kappa shape index (κ3) is 5.52. The summed E-state index contributed by atoms with van der Waals surface area (Å²) in [6, 6.07) is 19.7. The van der Waals surface area contributed by atoms with Crippen molar-refractivity contribution in [3.05, 3.63) is 71.8 Å². The molecule has 0 aliphatic carbocycles. The lowest BCUT2D eigenvalue weighted by Gasteiger charge is -2.30. The molecule has 0 spiro atoms. The maximum absolute atomic E-state index is 12.7. The van der Waals surface area contributed by atoms with Gasteiger partial charge in [0, 0.05) is 11.1 Å². The molecule has 0 radical (unpaired) electrons. The SMILES string of the molecule is CCOC(=O)C(CC1CCN(C)CC1)N=C(c1ccccc1)c1ccccc1. The van der Waals surface area contributed by atoms with Gasteiger partial charge >= 0.3 is 5.97 Å². The average molecular weight is 379 g/mol. The minimum Gasteiger partial charge on any atom is -0.464 e. The molecule has 3 rings (SSSR count). The van der Waals surface area contributed by atoms with Gasteiger partial charge in [-0.25, -0.2) is 4.79 Å². The zero-order valence-corrected chi connectivity index (χ0v) is 16.9. The molecule has 4 heteroatoms. The highest BCUT2D eigenvalue weighted by molar-refractivity contribution is 6.13. The Morgan fingerprint density at radius 2 is 1.57 bits per heavy atom. The first-order valence-corrected chi connectivity index (χ1v) is 10.2. The number of hydrogen-bond donors (Lipinski definition) is 0. The van der Waals surface area contributed by atoms with Crippen LogP contribution in [0.25, 0.3) is 0 Å². The third-order valence-corrected chi connectivity index (χ3v) is 5.33. The summed E-state index contributed by atoms with van der Waals surface area (Å²) in [7, 11) is 2.15. The van der Waals surface area contributed by atoms with Crippen LogP contribution >= 0.6 is 0 Å². The molecule has 2 aromatic rings. The Bertz CT molecular complexity index is 724. The monoisotopic (exact) mass is 378 g/mol. The van der Waals surface area contributed by atoms with E-state index >= 15 is 0 Å². The van der Waals surface area contributed by atoms with Crippen molar-refractivity contribution in [3.63, 3.8) is 0 Å². The number of carbonyl (C=O) groups is 1. The summed E-state index contributed by atoms with van der Waals surface area (Å²) in [4.78, 5) is 20.1. The van der Waals surface area contributed by atoms with Crippen LogP contribution in [0.4, 0.5) is 0 Å². The van der Waals surface area contributed by atoms with Gasteiger partial charge in [-0.1, -0.05) is 60.7 Å². The minimum absolute atomic E-state index is 0.217. The Balaban J connectivity index is 1.92. The summed E-state index contributed by atoms with van der Waals surface area (Å²) in [5.74, 6) is 0.285. The summed E-state index contributed by atoms with van der Waals surface area (Å²) in [6.07, 6.45) is 2.96. The lowest BCUT2D eigenvalue weighted by molar-refractivity contribution is -0.145. The zero-order valence-electron chi connectivity index (χ0n) is 16.9. The maximum atomic E-state index is 12.7. The highest BCUT2D eigenvalue weighted by atomic mass is 16.5. The Morgan fingerprint density at radius 1 is 1.04 bits per heavy atom.